The summed E-state index contributed by atoms with van der Waals surface area (Å²) < 4.78 is 0. The van der Waals surface area contributed by atoms with E-state index in [1.54, 1.807) is 6.92 Å². The number of anilines is 1. The first-order valence-electron chi connectivity index (χ1n) is 5.26. The first-order chi connectivity index (χ1) is 8.08. The molecule has 0 spiro atoms. The topological polar surface area (TPSA) is 66.4 Å². The lowest BCUT2D eigenvalue weighted by atomic mass is 10.3. The zero-order chi connectivity index (χ0) is 12.7. The highest BCUT2D eigenvalue weighted by Crippen LogP contribution is 2.14. The number of hydrogen-bond donors (Lipinski definition) is 2. The highest BCUT2D eigenvalue weighted by molar-refractivity contribution is 8.00. The fourth-order valence-corrected chi connectivity index (χ4v) is 2.01. The number of para-hydroxylation sites is 1. The Bertz CT molecular complexity index is 381. The molecule has 0 radical (unpaired) electrons. The Labute approximate surface area is 104 Å². The van der Waals surface area contributed by atoms with Crippen LogP contribution in [0, 0.1) is 0 Å². The van der Waals surface area contributed by atoms with Crippen LogP contribution in [0.3, 0.4) is 0 Å². The van der Waals surface area contributed by atoms with Gasteiger partial charge in [0, 0.05) is 10.9 Å². The molecule has 17 heavy (non-hydrogen) atoms. The molecule has 1 rings (SSSR count). The van der Waals surface area contributed by atoms with E-state index in [0.29, 0.717) is 0 Å². The third kappa shape index (κ3) is 5.97. The summed E-state index contributed by atoms with van der Waals surface area (Å²) in [6.07, 6.45) is 0.0727. The van der Waals surface area contributed by atoms with Gasteiger partial charge in [-0.25, -0.2) is 0 Å². The van der Waals surface area contributed by atoms with E-state index in [2.05, 4.69) is 5.32 Å². The molecule has 0 saturated heterocycles. The van der Waals surface area contributed by atoms with Crippen LogP contribution in [-0.4, -0.2) is 28.0 Å². The van der Waals surface area contributed by atoms with Crippen LogP contribution < -0.4 is 5.32 Å². The van der Waals surface area contributed by atoms with Gasteiger partial charge in [-0.3, -0.25) is 9.59 Å². The van der Waals surface area contributed by atoms with Gasteiger partial charge in [0.2, 0.25) is 5.91 Å². The van der Waals surface area contributed by atoms with Crippen molar-refractivity contribution in [1.82, 2.24) is 0 Å². The van der Waals surface area contributed by atoms with Crippen molar-refractivity contribution in [2.24, 2.45) is 0 Å². The lowest BCUT2D eigenvalue weighted by Crippen LogP contribution is -2.16. The smallest absolute Gasteiger partial charge is 0.304 e. The summed E-state index contributed by atoms with van der Waals surface area (Å²) in [5.41, 5.74) is 0.754. The molecule has 0 heterocycles. The second-order valence-corrected chi connectivity index (χ2v) is 5.06. The van der Waals surface area contributed by atoms with Gasteiger partial charge in [-0.15, -0.1) is 11.8 Å². The normalized spacial score (nSPS) is 11.8. The monoisotopic (exact) mass is 253 g/mol. The molecule has 0 aliphatic carbocycles. The van der Waals surface area contributed by atoms with E-state index in [1.165, 1.54) is 11.8 Å². The van der Waals surface area contributed by atoms with E-state index >= 15 is 0 Å². The zero-order valence-electron chi connectivity index (χ0n) is 9.55. The van der Waals surface area contributed by atoms with Crippen LogP contribution in [-0.2, 0) is 9.59 Å². The number of carbonyl (C=O) groups is 2. The van der Waals surface area contributed by atoms with Crippen LogP contribution in [0.15, 0.2) is 30.3 Å². The molecule has 92 valence electrons. The molecular weight excluding hydrogens is 238 g/mol. The molecule has 1 aromatic carbocycles. The predicted octanol–water partition coefficient (Wildman–Crippen LogP) is 2.22. The number of hydrogen-bond acceptors (Lipinski definition) is 3. The minimum atomic E-state index is -0.839. The Morgan fingerprint density at radius 1 is 1.35 bits per heavy atom. The molecule has 1 aromatic rings. The number of carboxylic acids is 1. The molecule has 1 unspecified atom stereocenters. The van der Waals surface area contributed by atoms with Gasteiger partial charge in [0.25, 0.3) is 0 Å². The maximum atomic E-state index is 11.5. The SMILES string of the molecule is CC(CC(=O)O)SCC(=O)Nc1ccccc1. The van der Waals surface area contributed by atoms with Crippen molar-refractivity contribution < 1.29 is 14.7 Å². The zero-order valence-corrected chi connectivity index (χ0v) is 10.4. The van der Waals surface area contributed by atoms with Crippen LogP contribution >= 0.6 is 11.8 Å². The number of rotatable bonds is 6. The number of thioether (sulfide) groups is 1. The van der Waals surface area contributed by atoms with E-state index < -0.39 is 5.97 Å². The van der Waals surface area contributed by atoms with E-state index in [-0.39, 0.29) is 23.3 Å². The molecule has 0 bridgehead atoms. The lowest BCUT2D eigenvalue weighted by Gasteiger charge is -2.08. The summed E-state index contributed by atoms with van der Waals surface area (Å²) in [4.78, 5) is 22.0. The Hall–Kier alpha value is -1.49. The van der Waals surface area contributed by atoms with Gasteiger partial charge in [-0.05, 0) is 12.1 Å². The molecule has 2 N–H and O–H groups in total. The van der Waals surface area contributed by atoms with Gasteiger partial charge in [-0.1, -0.05) is 25.1 Å². The van der Waals surface area contributed by atoms with Gasteiger partial charge in [0.05, 0.1) is 12.2 Å². The number of nitrogens with one attached hydrogen (secondary N) is 1. The van der Waals surface area contributed by atoms with Crippen molar-refractivity contribution in [3.05, 3.63) is 30.3 Å². The molecule has 0 saturated carbocycles. The van der Waals surface area contributed by atoms with E-state index in [0.717, 1.165) is 5.69 Å². The Morgan fingerprint density at radius 2 is 2.00 bits per heavy atom. The van der Waals surface area contributed by atoms with Crippen molar-refractivity contribution in [2.75, 3.05) is 11.1 Å². The van der Waals surface area contributed by atoms with Gasteiger partial charge in [-0.2, -0.15) is 0 Å². The molecule has 0 fully saturated rings. The van der Waals surface area contributed by atoms with E-state index in [1.807, 2.05) is 30.3 Å². The highest BCUT2D eigenvalue weighted by Gasteiger charge is 2.10. The van der Waals surface area contributed by atoms with Crippen molar-refractivity contribution >= 4 is 29.3 Å². The lowest BCUT2D eigenvalue weighted by molar-refractivity contribution is -0.136. The van der Waals surface area contributed by atoms with Gasteiger partial charge in [0.1, 0.15) is 0 Å². The molecule has 0 aliphatic heterocycles. The first kappa shape index (κ1) is 13.6. The minimum absolute atomic E-state index is 0.0611. The van der Waals surface area contributed by atoms with Crippen molar-refractivity contribution in [2.45, 2.75) is 18.6 Å². The number of carboxylic acid groups (broad SMARTS) is 1. The molecule has 4 nitrogen and oxygen atoms in total. The molecule has 1 amide bonds. The van der Waals surface area contributed by atoms with Crippen molar-refractivity contribution in [3.8, 4) is 0 Å². The fraction of sp³-hybridized carbons (Fsp3) is 0.333. The van der Waals surface area contributed by atoms with Gasteiger partial charge in [0.15, 0.2) is 0 Å². The number of aliphatic carboxylic acids is 1. The summed E-state index contributed by atoms with van der Waals surface area (Å²) in [7, 11) is 0. The first-order valence-corrected chi connectivity index (χ1v) is 6.31. The van der Waals surface area contributed by atoms with Crippen molar-refractivity contribution in [3.63, 3.8) is 0 Å². The van der Waals surface area contributed by atoms with Crippen LogP contribution in [0.4, 0.5) is 5.69 Å². The summed E-state index contributed by atoms with van der Waals surface area (Å²) in [6, 6.07) is 9.18. The van der Waals surface area contributed by atoms with Gasteiger partial charge >= 0.3 is 5.97 Å². The Morgan fingerprint density at radius 3 is 2.59 bits per heavy atom. The third-order valence-corrected chi connectivity index (χ3v) is 3.18. The Balaban J connectivity index is 2.28. The highest BCUT2D eigenvalue weighted by atomic mass is 32.2. The summed E-state index contributed by atoms with van der Waals surface area (Å²) in [6.45, 7) is 1.80. The minimum Gasteiger partial charge on any atom is -0.481 e. The average molecular weight is 253 g/mol. The second-order valence-electron chi connectivity index (χ2n) is 3.63. The van der Waals surface area contributed by atoms with E-state index in [9.17, 15) is 9.59 Å². The average Bonchev–Trinajstić information content (AvgIpc) is 2.27. The fourth-order valence-electron chi connectivity index (χ4n) is 1.24. The van der Waals surface area contributed by atoms with Crippen LogP contribution in [0.2, 0.25) is 0 Å². The van der Waals surface area contributed by atoms with Crippen LogP contribution in [0.5, 0.6) is 0 Å². The van der Waals surface area contributed by atoms with E-state index in [4.69, 9.17) is 5.11 Å². The number of benzene rings is 1. The number of carbonyl (C=O) groups excluding carboxylic acids is 1. The standard InChI is InChI=1S/C12H15NO3S/c1-9(7-12(15)16)17-8-11(14)13-10-5-3-2-4-6-10/h2-6,9H,7-8H2,1H3,(H,13,14)(H,15,16). The predicted molar refractivity (Wildman–Crippen MR) is 69.2 cm³/mol. The molecule has 0 aliphatic rings. The maximum Gasteiger partial charge on any atom is 0.304 e. The summed E-state index contributed by atoms with van der Waals surface area (Å²) in [5.74, 6) is -0.685. The largest absolute Gasteiger partial charge is 0.481 e. The number of amides is 1. The maximum absolute atomic E-state index is 11.5. The Kier molecular flexibility index (Phi) is 5.56. The second kappa shape index (κ2) is 6.96. The van der Waals surface area contributed by atoms with Gasteiger partial charge < -0.3 is 10.4 Å². The summed E-state index contributed by atoms with van der Waals surface area (Å²) >= 11 is 1.34. The summed E-state index contributed by atoms with van der Waals surface area (Å²) in [5, 5.41) is 11.3. The van der Waals surface area contributed by atoms with Crippen LogP contribution in [0.1, 0.15) is 13.3 Å². The molecule has 0 aromatic heterocycles. The molecular formula is C12H15NO3S. The van der Waals surface area contributed by atoms with Crippen LogP contribution in [0.25, 0.3) is 0 Å². The van der Waals surface area contributed by atoms with Crippen molar-refractivity contribution in [1.29, 1.82) is 0 Å². The molecule has 1 atom stereocenters. The third-order valence-electron chi connectivity index (χ3n) is 2.02. The molecule has 5 heteroatoms. The quantitative estimate of drug-likeness (QED) is 0.815.